The molecule has 0 fully saturated rings. The molecule has 21 heavy (non-hydrogen) atoms. The van der Waals surface area contributed by atoms with Gasteiger partial charge in [-0.1, -0.05) is 13.0 Å². The van der Waals surface area contributed by atoms with Crippen molar-refractivity contribution in [1.82, 2.24) is 5.32 Å². The Morgan fingerprint density at radius 3 is 2.52 bits per heavy atom. The largest absolute Gasteiger partial charge is 0.497 e. The smallest absolute Gasteiger partial charge is 0.261 e. The fourth-order valence-electron chi connectivity index (χ4n) is 2.09. The lowest BCUT2D eigenvalue weighted by atomic mass is 10.0. The molecule has 4 nitrogen and oxygen atoms in total. The molecule has 0 saturated heterocycles. The Kier molecular flexibility index (Phi) is 8.00. The summed E-state index contributed by atoms with van der Waals surface area (Å²) in [5.41, 5.74) is 0.959. The molecule has 0 aromatic heterocycles. The van der Waals surface area contributed by atoms with Crippen molar-refractivity contribution in [3.8, 4) is 11.5 Å². The maximum atomic E-state index is 12.1. The first kappa shape index (κ1) is 17.7. The van der Waals surface area contributed by atoms with Crippen LogP contribution in [0.25, 0.3) is 0 Å². The van der Waals surface area contributed by atoms with Gasteiger partial charge in [-0.2, -0.15) is 0 Å². The Morgan fingerprint density at radius 1 is 1.19 bits per heavy atom. The van der Waals surface area contributed by atoms with Gasteiger partial charge in [-0.3, -0.25) is 0 Å². The Morgan fingerprint density at radius 2 is 1.95 bits per heavy atom. The third-order valence-corrected chi connectivity index (χ3v) is 3.06. The highest BCUT2D eigenvalue weighted by molar-refractivity contribution is 5.42. The summed E-state index contributed by atoms with van der Waals surface area (Å²) in [6.07, 6.45) is -1.85. The van der Waals surface area contributed by atoms with Crippen LogP contribution in [0, 0.1) is 0 Å². The third-order valence-electron chi connectivity index (χ3n) is 3.06. The molecule has 0 spiro atoms. The Labute approximate surface area is 124 Å². The number of rotatable bonds is 10. The minimum absolute atomic E-state index is 0.0199. The van der Waals surface area contributed by atoms with E-state index in [-0.39, 0.29) is 12.6 Å². The van der Waals surface area contributed by atoms with E-state index < -0.39 is 13.0 Å². The summed E-state index contributed by atoms with van der Waals surface area (Å²) in [6.45, 7) is 2.48. The summed E-state index contributed by atoms with van der Waals surface area (Å²) in [5, 5.41) is 3.31. The molecular formula is C15H23F2NO3. The molecular weight excluding hydrogens is 280 g/mol. The van der Waals surface area contributed by atoms with Gasteiger partial charge in [0.25, 0.3) is 6.43 Å². The van der Waals surface area contributed by atoms with E-state index in [1.807, 2.05) is 19.1 Å². The van der Waals surface area contributed by atoms with Gasteiger partial charge in [0.2, 0.25) is 0 Å². The highest BCUT2D eigenvalue weighted by atomic mass is 19.3. The average Bonchev–Trinajstić information content (AvgIpc) is 2.49. The molecule has 0 amide bonds. The minimum Gasteiger partial charge on any atom is -0.497 e. The molecule has 0 aliphatic rings. The summed E-state index contributed by atoms with van der Waals surface area (Å²) >= 11 is 0. The first-order chi connectivity index (χ1) is 10.1. The standard InChI is InChI=1S/C15H23F2NO3/c1-4-18-13(7-8-21-10-15(16)17)12-6-5-11(19-2)9-14(12)20-3/h5-6,9,13,15,18H,4,7-8,10H2,1-3H3. The molecule has 1 rings (SSSR count). The second-order valence-electron chi connectivity index (χ2n) is 4.47. The van der Waals surface area contributed by atoms with Crippen molar-refractivity contribution < 1.29 is 23.0 Å². The lowest BCUT2D eigenvalue weighted by Gasteiger charge is -2.21. The number of nitrogens with one attached hydrogen (secondary N) is 1. The van der Waals surface area contributed by atoms with Crippen LogP contribution in [0.4, 0.5) is 8.78 Å². The van der Waals surface area contributed by atoms with Crippen molar-refractivity contribution in [1.29, 1.82) is 0 Å². The number of alkyl halides is 2. The number of hydrogen-bond acceptors (Lipinski definition) is 4. The molecule has 1 aromatic carbocycles. The molecule has 1 aromatic rings. The second kappa shape index (κ2) is 9.52. The van der Waals surface area contributed by atoms with Crippen LogP contribution in [-0.2, 0) is 4.74 Å². The molecule has 0 heterocycles. The van der Waals surface area contributed by atoms with Gasteiger partial charge in [0.1, 0.15) is 18.1 Å². The van der Waals surface area contributed by atoms with Gasteiger partial charge in [0.05, 0.1) is 14.2 Å². The van der Waals surface area contributed by atoms with Gasteiger partial charge in [0, 0.05) is 24.3 Å². The Hall–Kier alpha value is -1.40. The van der Waals surface area contributed by atoms with E-state index in [1.165, 1.54) is 0 Å². The van der Waals surface area contributed by atoms with Crippen LogP contribution in [-0.4, -0.2) is 40.4 Å². The van der Waals surface area contributed by atoms with Crippen molar-refractivity contribution in [2.24, 2.45) is 0 Å². The minimum atomic E-state index is -2.43. The molecule has 0 aliphatic heterocycles. The summed E-state index contributed by atoms with van der Waals surface area (Å²) in [4.78, 5) is 0. The van der Waals surface area contributed by atoms with Gasteiger partial charge >= 0.3 is 0 Å². The SMILES string of the molecule is CCNC(CCOCC(F)F)c1ccc(OC)cc1OC. The van der Waals surface area contributed by atoms with Gasteiger partial charge in [-0.25, -0.2) is 8.78 Å². The summed E-state index contributed by atoms with van der Waals surface area (Å²) in [6, 6.07) is 5.55. The maximum absolute atomic E-state index is 12.1. The zero-order chi connectivity index (χ0) is 15.7. The predicted octanol–water partition coefficient (Wildman–Crippen LogP) is 3.03. The van der Waals surface area contributed by atoms with Gasteiger partial charge in [-0.05, 0) is 19.0 Å². The van der Waals surface area contributed by atoms with Crippen LogP contribution in [0.1, 0.15) is 24.9 Å². The molecule has 0 radical (unpaired) electrons. The van der Waals surface area contributed by atoms with E-state index in [0.717, 1.165) is 12.1 Å². The molecule has 120 valence electrons. The quantitative estimate of drug-likeness (QED) is 0.675. The van der Waals surface area contributed by atoms with Crippen LogP contribution >= 0.6 is 0 Å². The van der Waals surface area contributed by atoms with Gasteiger partial charge < -0.3 is 19.5 Å². The van der Waals surface area contributed by atoms with E-state index in [9.17, 15) is 8.78 Å². The van der Waals surface area contributed by atoms with E-state index in [0.29, 0.717) is 17.9 Å². The van der Waals surface area contributed by atoms with Crippen LogP contribution in [0.15, 0.2) is 18.2 Å². The molecule has 1 unspecified atom stereocenters. The normalized spacial score (nSPS) is 12.5. The summed E-state index contributed by atoms with van der Waals surface area (Å²) in [7, 11) is 3.18. The van der Waals surface area contributed by atoms with E-state index in [1.54, 1.807) is 20.3 Å². The van der Waals surface area contributed by atoms with Crippen molar-refractivity contribution in [3.63, 3.8) is 0 Å². The maximum Gasteiger partial charge on any atom is 0.261 e. The Balaban J connectivity index is 2.74. The van der Waals surface area contributed by atoms with Crippen LogP contribution in [0.2, 0.25) is 0 Å². The first-order valence-electron chi connectivity index (χ1n) is 6.93. The fourth-order valence-corrected chi connectivity index (χ4v) is 2.09. The van der Waals surface area contributed by atoms with Crippen LogP contribution in [0.3, 0.4) is 0 Å². The Bertz CT molecular complexity index is 416. The van der Waals surface area contributed by atoms with Crippen molar-refractivity contribution >= 4 is 0 Å². The molecule has 0 saturated carbocycles. The number of ether oxygens (including phenoxy) is 3. The number of hydrogen-bond donors (Lipinski definition) is 1. The van der Waals surface area contributed by atoms with Crippen molar-refractivity contribution in [2.75, 3.05) is 34.0 Å². The lowest BCUT2D eigenvalue weighted by Crippen LogP contribution is -2.23. The van der Waals surface area contributed by atoms with Crippen LogP contribution < -0.4 is 14.8 Å². The number of methoxy groups -OCH3 is 2. The summed E-state index contributed by atoms with van der Waals surface area (Å²) < 4.78 is 39.6. The lowest BCUT2D eigenvalue weighted by molar-refractivity contribution is 0.0143. The van der Waals surface area contributed by atoms with Crippen molar-refractivity contribution in [3.05, 3.63) is 23.8 Å². The summed E-state index contributed by atoms with van der Waals surface area (Å²) in [5.74, 6) is 1.41. The fraction of sp³-hybridized carbons (Fsp3) is 0.600. The molecule has 1 N–H and O–H groups in total. The van der Waals surface area contributed by atoms with Crippen molar-refractivity contribution in [2.45, 2.75) is 25.8 Å². The molecule has 6 heteroatoms. The average molecular weight is 303 g/mol. The van der Waals surface area contributed by atoms with E-state index in [2.05, 4.69) is 5.32 Å². The molecule has 0 bridgehead atoms. The van der Waals surface area contributed by atoms with Gasteiger partial charge in [0.15, 0.2) is 0 Å². The predicted molar refractivity (Wildman–Crippen MR) is 77.4 cm³/mol. The molecule has 1 atom stereocenters. The van der Waals surface area contributed by atoms with E-state index >= 15 is 0 Å². The molecule has 0 aliphatic carbocycles. The highest BCUT2D eigenvalue weighted by Crippen LogP contribution is 2.31. The first-order valence-corrected chi connectivity index (χ1v) is 6.93. The third kappa shape index (κ3) is 5.85. The van der Waals surface area contributed by atoms with Gasteiger partial charge in [-0.15, -0.1) is 0 Å². The highest BCUT2D eigenvalue weighted by Gasteiger charge is 2.16. The second-order valence-corrected chi connectivity index (χ2v) is 4.47. The number of halogens is 2. The van der Waals surface area contributed by atoms with E-state index in [4.69, 9.17) is 14.2 Å². The van der Waals surface area contributed by atoms with Crippen LogP contribution in [0.5, 0.6) is 11.5 Å². The topological polar surface area (TPSA) is 39.7 Å². The monoisotopic (exact) mass is 303 g/mol. The zero-order valence-electron chi connectivity index (χ0n) is 12.7. The zero-order valence-corrected chi connectivity index (χ0v) is 12.7. The number of benzene rings is 1.